The summed E-state index contributed by atoms with van der Waals surface area (Å²) >= 11 is 0. The molecule has 4 heteroatoms. The normalized spacial score (nSPS) is 12.6. The van der Waals surface area contributed by atoms with Gasteiger partial charge in [-0.15, -0.1) is 0 Å². The highest BCUT2D eigenvalue weighted by molar-refractivity contribution is 5.81. The van der Waals surface area contributed by atoms with Crippen molar-refractivity contribution in [1.29, 1.82) is 0 Å². The van der Waals surface area contributed by atoms with Gasteiger partial charge in [0.1, 0.15) is 0 Å². The van der Waals surface area contributed by atoms with E-state index in [0.717, 1.165) is 57.6 Å². The highest BCUT2D eigenvalue weighted by atomic mass is 15.0. The molecule has 43 heavy (non-hydrogen) atoms. The summed E-state index contributed by atoms with van der Waals surface area (Å²) in [6.45, 7) is 2.13. The number of nitrogens with zero attached hydrogens (tertiary/aromatic N) is 4. The molecule has 6 aromatic rings. The van der Waals surface area contributed by atoms with Crippen LogP contribution < -0.4 is 0 Å². The lowest BCUT2D eigenvalue weighted by Gasteiger charge is -2.14. The molecular weight excluding hydrogens is 524 g/mol. The Morgan fingerprint density at radius 2 is 0.953 bits per heavy atom. The van der Waals surface area contributed by atoms with Gasteiger partial charge >= 0.3 is 0 Å². The standard InChI is InChI=1S/C39H30N4/c1-27-22-35(29-16-8-3-9-17-29)40-36(23-27)33-24-32(28-14-6-2-7-15-28)25-34(26-33)39-42-37(30-18-10-4-11-19-30)41-38(43-39)31-20-12-5-13-21-31/h2,4-8,10-26H,3,9H2,1H3. The van der Waals surface area contributed by atoms with Crippen molar-refractivity contribution in [3.63, 3.8) is 0 Å². The molecule has 2 aromatic heterocycles. The van der Waals surface area contributed by atoms with Crippen LogP contribution in [0.2, 0.25) is 0 Å². The highest BCUT2D eigenvalue weighted by Gasteiger charge is 2.16. The minimum absolute atomic E-state index is 0.623. The van der Waals surface area contributed by atoms with Crippen LogP contribution in [0.25, 0.3) is 62.1 Å². The van der Waals surface area contributed by atoms with Crippen LogP contribution in [0, 0.1) is 6.92 Å². The smallest absolute Gasteiger partial charge is 0.164 e. The minimum Gasteiger partial charge on any atom is -0.248 e. The van der Waals surface area contributed by atoms with Gasteiger partial charge in [-0.3, -0.25) is 0 Å². The zero-order valence-electron chi connectivity index (χ0n) is 24.0. The van der Waals surface area contributed by atoms with Crippen LogP contribution in [0.1, 0.15) is 24.1 Å². The second-order valence-corrected chi connectivity index (χ2v) is 10.8. The topological polar surface area (TPSA) is 51.6 Å². The molecule has 0 N–H and O–H groups in total. The first-order valence-corrected chi connectivity index (χ1v) is 14.6. The number of hydrogen-bond donors (Lipinski definition) is 0. The summed E-state index contributed by atoms with van der Waals surface area (Å²) in [7, 11) is 0. The summed E-state index contributed by atoms with van der Waals surface area (Å²) in [5.41, 5.74) is 10.3. The summed E-state index contributed by atoms with van der Waals surface area (Å²) in [6.07, 6.45) is 8.80. The third-order valence-corrected chi connectivity index (χ3v) is 7.55. The van der Waals surface area contributed by atoms with E-state index >= 15 is 0 Å². The lowest BCUT2D eigenvalue weighted by molar-refractivity contribution is 1.04. The number of rotatable bonds is 6. The molecule has 0 bridgehead atoms. The molecule has 0 amide bonds. The fraction of sp³-hybridized carbons (Fsp3) is 0.0769. The molecule has 4 nitrogen and oxygen atoms in total. The van der Waals surface area contributed by atoms with Gasteiger partial charge in [0.15, 0.2) is 17.5 Å². The number of aromatic nitrogens is 4. The third kappa shape index (κ3) is 5.81. The van der Waals surface area contributed by atoms with Crippen molar-refractivity contribution in [1.82, 2.24) is 19.9 Å². The summed E-state index contributed by atoms with van der Waals surface area (Å²) < 4.78 is 0. The van der Waals surface area contributed by atoms with Gasteiger partial charge in [0, 0.05) is 22.3 Å². The average Bonchev–Trinajstić information content (AvgIpc) is 3.09. The Labute approximate surface area is 252 Å². The number of benzene rings is 4. The summed E-state index contributed by atoms with van der Waals surface area (Å²) in [5, 5.41) is 0. The van der Waals surface area contributed by atoms with E-state index in [1.165, 1.54) is 11.1 Å². The van der Waals surface area contributed by atoms with Crippen molar-refractivity contribution in [3.05, 3.63) is 151 Å². The third-order valence-electron chi connectivity index (χ3n) is 7.55. The molecule has 0 fully saturated rings. The van der Waals surface area contributed by atoms with E-state index in [4.69, 9.17) is 19.9 Å². The summed E-state index contributed by atoms with van der Waals surface area (Å²) in [5.74, 6) is 1.91. The Kier molecular flexibility index (Phi) is 7.24. The van der Waals surface area contributed by atoms with E-state index in [1.807, 2.05) is 66.7 Å². The molecule has 7 rings (SSSR count). The van der Waals surface area contributed by atoms with Crippen molar-refractivity contribution in [2.75, 3.05) is 0 Å². The second kappa shape index (κ2) is 11.8. The molecule has 0 aliphatic heterocycles. The van der Waals surface area contributed by atoms with Crippen LogP contribution in [0.3, 0.4) is 0 Å². The fourth-order valence-corrected chi connectivity index (χ4v) is 5.41. The van der Waals surface area contributed by atoms with E-state index in [9.17, 15) is 0 Å². The molecule has 0 radical (unpaired) electrons. The van der Waals surface area contributed by atoms with Gasteiger partial charge in [0.25, 0.3) is 0 Å². The summed E-state index contributed by atoms with van der Waals surface area (Å²) in [6, 6.07) is 41.5. The van der Waals surface area contributed by atoms with Crippen LogP contribution in [-0.4, -0.2) is 19.9 Å². The Hall–Kier alpha value is -5.48. The molecule has 0 unspecified atom stereocenters. The van der Waals surface area contributed by atoms with Gasteiger partial charge in [0.05, 0.1) is 11.4 Å². The highest BCUT2D eigenvalue weighted by Crippen LogP contribution is 2.34. The lowest BCUT2D eigenvalue weighted by atomic mass is 9.96. The average molecular weight is 555 g/mol. The maximum absolute atomic E-state index is 5.15. The molecule has 1 aliphatic rings. The first-order chi connectivity index (χ1) is 21.2. The predicted octanol–water partition coefficient (Wildman–Crippen LogP) is 9.64. The molecular formula is C39H30N4. The zero-order chi connectivity index (χ0) is 29.0. The maximum Gasteiger partial charge on any atom is 0.164 e. The largest absolute Gasteiger partial charge is 0.248 e. The van der Waals surface area contributed by atoms with E-state index in [0.29, 0.717) is 17.5 Å². The van der Waals surface area contributed by atoms with E-state index in [1.54, 1.807) is 0 Å². The molecule has 4 aromatic carbocycles. The van der Waals surface area contributed by atoms with Crippen molar-refractivity contribution in [2.24, 2.45) is 0 Å². The van der Waals surface area contributed by atoms with Gasteiger partial charge in [-0.2, -0.15) is 0 Å². The molecule has 0 saturated carbocycles. The Balaban J connectivity index is 1.44. The number of aryl methyl sites for hydroxylation is 1. The van der Waals surface area contributed by atoms with Crippen LogP contribution >= 0.6 is 0 Å². The van der Waals surface area contributed by atoms with Gasteiger partial charge in [0.2, 0.25) is 0 Å². The van der Waals surface area contributed by atoms with Gasteiger partial charge in [-0.05, 0) is 72.4 Å². The quantitative estimate of drug-likeness (QED) is 0.206. The first kappa shape index (κ1) is 26.4. The monoisotopic (exact) mass is 554 g/mol. The Morgan fingerprint density at radius 1 is 0.442 bits per heavy atom. The summed E-state index contributed by atoms with van der Waals surface area (Å²) in [4.78, 5) is 20.1. The minimum atomic E-state index is 0.623. The lowest BCUT2D eigenvalue weighted by Crippen LogP contribution is -2.01. The first-order valence-electron chi connectivity index (χ1n) is 14.6. The van der Waals surface area contributed by atoms with Crippen LogP contribution in [-0.2, 0) is 0 Å². The van der Waals surface area contributed by atoms with Gasteiger partial charge in [-0.1, -0.05) is 109 Å². The number of hydrogen-bond acceptors (Lipinski definition) is 4. The number of allylic oxidation sites excluding steroid dienone is 4. The van der Waals surface area contributed by atoms with Crippen molar-refractivity contribution in [3.8, 4) is 56.5 Å². The molecule has 0 saturated heterocycles. The fourth-order valence-electron chi connectivity index (χ4n) is 5.41. The van der Waals surface area contributed by atoms with Crippen molar-refractivity contribution < 1.29 is 0 Å². The van der Waals surface area contributed by atoms with E-state index < -0.39 is 0 Å². The second-order valence-electron chi connectivity index (χ2n) is 10.8. The number of pyridine rings is 1. The van der Waals surface area contributed by atoms with Gasteiger partial charge in [-0.25, -0.2) is 19.9 Å². The molecule has 1 aliphatic carbocycles. The maximum atomic E-state index is 5.15. The van der Waals surface area contributed by atoms with Crippen LogP contribution in [0.15, 0.2) is 140 Å². The van der Waals surface area contributed by atoms with Crippen molar-refractivity contribution in [2.45, 2.75) is 19.8 Å². The van der Waals surface area contributed by atoms with Crippen LogP contribution in [0.4, 0.5) is 0 Å². The molecule has 0 atom stereocenters. The Bertz CT molecular complexity index is 1900. The van der Waals surface area contributed by atoms with Crippen LogP contribution in [0.5, 0.6) is 0 Å². The van der Waals surface area contributed by atoms with Crippen molar-refractivity contribution >= 4 is 5.57 Å². The van der Waals surface area contributed by atoms with Gasteiger partial charge < -0.3 is 0 Å². The van der Waals surface area contributed by atoms with E-state index in [-0.39, 0.29) is 0 Å². The molecule has 0 spiro atoms. The Morgan fingerprint density at radius 3 is 1.53 bits per heavy atom. The SMILES string of the molecule is Cc1cc(C2=CCCC=C2)nc(-c2cc(-c3ccccc3)cc(-c3nc(-c4ccccc4)nc(-c4ccccc4)n3)c2)c1. The predicted molar refractivity (Wildman–Crippen MR) is 176 cm³/mol. The molecule has 2 heterocycles. The molecule has 206 valence electrons. The van der Waals surface area contributed by atoms with E-state index in [2.05, 4.69) is 79.7 Å². The zero-order valence-corrected chi connectivity index (χ0v) is 24.0.